The highest BCUT2D eigenvalue weighted by molar-refractivity contribution is 7.99. The summed E-state index contributed by atoms with van der Waals surface area (Å²) in [4.78, 5) is 14.6. The first-order valence-electron chi connectivity index (χ1n) is 7.75. The van der Waals surface area contributed by atoms with Crippen LogP contribution >= 0.6 is 11.8 Å². The predicted molar refractivity (Wildman–Crippen MR) is 85.8 cm³/mol. The van der Waals surface area contributed by atoms with E-state index in [2.05, 4.69) is 10.2 Å². The van der Waals surface area contributed by atoms with Crippen molar-refractivity contribution in [2.45, 2.75) is 12.0 Å². The van der Waals surface area contributed by atoms with Gasteiger partial charge in [-0.3, -0.25) is 9.69 Å². The number of halogens is 2. The molecule has 1 N–H and O–H groups in total. The third-order valence-corrected chi connectivity index (χ3v) is 5.77. The molecule has 4 nitrogen and oxygen atoms in total. The van der Waals surface area contributed by atoms with E-state index < -0.39 is 23.1 Å². The average molecular weight is 342 g/mol. The summed E-state index contributed by atoms with van der Waals surface area (Å²) in [6.07, 6.45) is 0.956. The van der Waals surface area contributed by atoms with Gasteiger partial charge in [0.2, 0.25) is 0 Å². The summed E-state index contributed by atoms with van der Waals surface area (Å²) in [6.45, 7) is 3.41. The van der Waals surface area contributed by atoms with Crippen LogP contribution in [0.15, 0.2) is 18.2 Å². The monoisotopic (exact) mass is 342 g/mol. The van der Waals surface area contributed by atoms with E-state index in [0.29, 0.717) is 19.8 Å². The molecule has 2 aliphatic heterocycles. The number of hydrogen-bond donors (Lipinski definition) is 1. The van der Waals surface area contributed by atoms with Gasteiger partial charge in [0.25, 0.3) is 5.91 Å². The van der Waals surface area contributed by atoms with Crippen molar-refractivity contribution < 1.29 is 18.3 Å². The fourth-order valence-electron chi connectivity index (χ4n) is 3.18. The second-order valence-corrected chi connectivity index (χ2v) is 7.01. The summed E-state index contributed by atoms with van der Waals surface area (Å²) in [7, 11) is 0. The van der Waals surface area contributed by atoms with E-state index in [-0.39, 0.29) is 5.54 Å². The Morgan fingerprint density at radius 2 is 2.00 bits per heavy atom. The molecule has 0 aromatic heterocycles. The highest BCUT2D eigenvalue weighted by Gasteiger charge is 2.41. The number of morpholine rings is 1. The van der Waals surface area contributed by atoms with E-state index in [4.69, 9.17) is 4.74 Å². The largest absolute Gasteiger partial charge is 0.379 e. The van der Waals surface area contributed by atoms with E-state index in [1.165, 1.54) is 6.07 Å². The first-order valence-corrected chi connectivity index (χ1v) is 8.91. The molecule has 23 heavy (non-hydrogen) atoms. The number of nitrogens with zero attached hydrogens (tertiary/aromatic N) is 1. The molecule has 0 bridgehead atoms. The maximum absolute atomic E-state index is 13.7. The Balaban J connectivity index is 1.70. The van der Waals surface area contributed by atoms with Crippen LogP contribution in [-0.2, 0) is 4.74 Å². The number of nitrogens with one attached hydrogen (secondary N) is 1. The zero-order valence-electron chi connectivity index (χ0n) is 12.8. The van der Waals surface area contributed by atoms with Crippen LogP contribution in [0.25, 0.3) is 0 Å². The Hall–Kier alpha value is -1.18. The lowest BCUT2D eigenvalue weighted by atomic mass is 9.95. The first kappa shape index (κ1) is 16.7. The second kappa shape index (κ2) is 7.15. The lowest BCUT2D eigenvalue weighted by Crippen LogP contribution is -2.59. The number of benzene rings is 1. The second-order valence-electron chi connectivity index (χ2n) is 5.91. The molecule has 2 saturated heterocycles. The van der Waals surface area contributed by atoms with Crippen LogP contribution in [0.2, 0.25) is 0 Å². The van der Waals surface area contributed by atoms with Gasteiger partial charge in [-0.25, -0.2) is 8.78 Å². The van der Waals surface area contributed by atoms with E-state index in [9.17, 15) is 13.6 Å². The molecule has 0 aliphatic carbocycles. The van der Waals surface area contributed by atoms with Crippen LogP contribution in [0, 0.1) is 11.6 Å². The Bertz CT molecular complexity index is 553. The van der Waals surface area contributed by atoms with E-state index in [1.54, 1.807) is 0 Å². The zero-order valence-corrected chi connectivity index (χ0v) is 13.6. The van der Waals surface area contributed by atoms with Crippen molar-refractivity contribution in [1.29, 1.82) is 0 Å². The van der Waals surface area contributed by atoms with Crippen molar-refractivity contribution in [3.05, 3.63) is 35.4 Å². The molecule has 0 saturated carbocycles. The molecule has 7 heteroatoms. The Morgan fingerprint density at radius 1 is 1.30 bits per heavy atom. The summed E-state index contributed by atoms with van der Waals surface area (Å²) in [5.41, 5.74) is -0.651. The van der Waals surface area contributed by atoms with Crippen LogP contribution in [0.4, 0.5) is 8.78 Å². The van der Waals surface area contributed by atoms with Gasteiger partial charge in [0.15, 0.2) is 0 Å². The van der Waals surface area contributed by atoms with Crippen molar-refractivity contribution >= 4 is 17.7 Å². The van der Waals surface area contributed by atoms with Crippen LogP contribution in [0.1, 0.15) is 16.8 Å². The van der Waals surface area contributed by atoms with Crippen molar-refractivity contribution in [3.63, 3.8) is 0 Å². The minimum atomic E-state index is -0.830. The standard InChI is InChI=1S/C16H20F2N2O2S/c17-12-2-1-3-13(18)14(12)15(21)19-10-16(4-9-23-11-16)20-5-7-22-8-6-20/h1-3H,4-11H2,(H,19,21). The molecule has 1 amide bonds. The maximum Gasteiger partial charge on any atom is 0.257 e. The van der Waals surface area contributed by atoms with Crippen molar-refractivity contribution in [1.82, 2.24) is 10.2 Å². The van der Waals surface area contributed by atoms with Crippen LogP contribution in [0.5, 0.6) is 0 Å². The normalized spacial score (nSPS) is 25.5. The summed E-state index contributed by atoms with van der Waals surface area (Å²) in [6, 6.07) is 3.45. The quantitative estimate of drug-likeness (QED) is 0.908. The first-order chi connectivity index (χ1) is 11.1. The zero-order chi connectivity index (χ0) is 16.3. The SMILES string of the molecule is O=C(NCC1(N2CCOCC2)CCSC1)c1c(F)cccc1F. The maximum atomic E-state index is 13.7. The molecule has 126 valence electrons. The molecular formula is C16H20F2N2O2S. The van der Waals surface area contributed by atoms with Gasteiger partial charge in [-0.1, -0.05) is 6.07 Å². The number of amides is 1. The highest BCUT2D eigenvalue weighted by Crippen LogP contribution is 2.33. The van der Waals surface area contributed by atoms with E-state index >= 15 is 0 Å². The van der Waals surface area contributed by atoms with Crippen molar-refractivity contribution in [2.75, 3.05) is 44.4 Å². The number of rotatable bonds is 4. The molecule has 1 unspecified atom stereocenters. The van der Waals surface area contributed by atoms with Gasteiger partial charge in [0.05, 0.1) is 13.2 Å². The van der Waals surface area contributed by atoms with Crippen LogP contribution in [-0.4, -0.2) is 60.7 Å². The third-order valence-electron chi connectivity index (χ3n) is 4.53. The number of carbonyl (C=O) groups excluding carboxylic acids is 1. The Labute approximate surface area is 138 Å². The number of hydrogen-bond acceptors (Lipinski definition) is 4. The lowest BCUT2D eigenvalue weighted by Gasteiger charge is -2.43. The topological polar surface area (TPSA) is 41.6 Å². The molecule has 0 spiro atoms. The molecule has 0 radical (unpaired) electrons. The van der Waals surface area contributed by atoms with E-state index in [1.807, 2.05) is 11.8 Å². The van der Waals surface area contributed by atoms with Crippen molar-refractivity contribution in [2.24, 2.45) is 0 Å². The minimum absolute atomic E-state index is 0.147. The van der Waals surface area contributed by atoms with Gasteiger partial charge in [0.1, 0.15) is 17.2 Å². The summed E-state index contributed by atoms with van der Waals surface area (Å²) < 4.78 is 32.8. The van der Waals surface area contributed by atoms with Crippen molar-refractivity contribution in [3.8, 4) is 0 Å². The molecule has 1 aromatic carbocycles. The lowest BCUT2D eigenvalue weighted by molar-refractivity contribution is -0.0129. The average Bonchev–Trinajstić information content (AvgIpc) is 3.04. The molecule has 1 atom stereocenters. The Morgan fingerprint density at radius 3 is 2.61 bits per heavy atom. The number of thioether (sulfide) groups is 1. The summed E-state index contributed by atoms with van der Waals surface area (Å²) in [5.74, 6) is -0.411. The van der Waals surface area contributed by atoms with Crippen LogP contribution in [0.3, 0.4) is 0 Å². The highest BCUT2D eigenvalue weighted by atomic mass is 32.2. The molecule has 3 rings (SSSR count). The van der Waals surface area contributed by atoms with Gasteiger partial charge >= 0.3 is 0 Å². The molecule has 1 aromatic rings. The Kier molecular flexibility index (Phi) is 5.18. The molecule has 2 fully saturated rings. The predicted octanol–water partition coefficient (Wildman–Crippen LogP) is 1.90. The van der Waals surface area contributed by atoms with Gasteiger partial charge in [-0.2, -0.15) is 11.8 Å². The fourth-order valence-corrected chi connectivity index (χ4v) is 4.66. The van der Waals surface area contributed by atoms with Gasteiger partial charge < -0.3 is 10.1 Å². The van der Waals surface area contributed by atoms with Gasteiger partial charge in [-0.15, -0.1) is 0 Å². The third kappa shape index (κ3) is 3.51. The summed E-state index contributed by atoms with van der Waals surface area (Å²) in [5, 5.41) is 2.75. The molecule has 2 aliphatic rings. The van der Waals surface area contributed by atoms with Gasteiger partial charge in [0, 0.05) is 30.9 Å². The van der Waals surface area contributed by atoms with E-state index in [0.717, 1.165) is 43.1 Å². The van der Waals surface area contributed by atoms with Gasteiger partial charge in [-0.05, 0) is 24.3 Å². The fraction of sp³-hybridized carbons (Fsp3) is 0.562. The molecule has 2 heterocycles. The summed E-state index contributed by atoms with van der Waals surface area (Å²) >= 11 is 1.85. The molecular weight excluding hydrogens is 322 g/mol. The number of carbonyl (C=O) groups is 1. The van der Waals surface area contributed by atoms with Crippen LogP contribution < -0.4 is 5.32 Å². The minimum Gasteiger partial charge on any atom is -0.379 e. The smallest absolute Gasteiger partial charge is 0.257 e. The number of ether oxygens (including phenoxy) is 1.